The third-order valence-corrected chi connectivity index (χ3v) is 6.60. The molecule has 0 N–H and O–H groups in total. The van der Waals surface area contributed by atoms with Crippen LogP contribution in [0.2, 0.25) is 0 Å². The zero-order chi connectivity index (χ0) is 18.3. The highest BCUT2D eigenvalue weighted by Gasteiger charge is 2.22. The van der Waals surface area contributed by atoms with Gasteiger partial charge in [-0.15, -0.1) is 0 Å². The van der Waals surface area contributed by atoms with Gasteiger partial charge in [-0.05, 0) is 79.0 Å². The zero-order valence-electron chi connectivity index (χ0n) is 16.6. The highest BCUT2D eigenvalue weighted by Crippen LogP contribution is 2.31. The first-order valence-electron chi connectivity index (χ1n) is 11.1. The van der Waals surface area contributed by atoms with E-state index in [-0.39, 0.29) is 0 Å². The Bertz CT molecular complexity index is 643. The second kappa shape index (κ2) is 9.44. The lowest BCUT2D eigenvalue weighted by Crippen LogP contribution is -2.35. The maximum Gasteiger partial charge on any atom is 0.0366 e. The molecule has 1 nitrogen and oxygen atoms in total. The number of anilines is 1. The molecule has 0 spiro atoms. The number of hydrogen-bond acceptors (Lipinski definition) is 1. The molecular weight excluding hydrogens is 326 g/mol. The minimum Gasteiger partial charge on any atom is -0.371 e. The van der Waals surface area contributed by atoms with E-state index in [2.05, 4.69) is 41.3 Å². The van der Waals surface area contributed by atoms with Gasteiger partial charge in [0.25, 0.3) is 0 Å². The van der Waals surface area contributed by atoms with Gasteiger partial charge in [0.2, 0.25) is 0 Å². The van der Waals surface area contributed by atoms with Crippen molar-refractivity contribution in [2.24, 2.45) is 11.8 Å². The summed E-state index contributed by atoms with van der Waals surface area (Å²) in [5, 5.41) is 0. The van der Waals surface area contributed by atoms with Crippen molar-refractivity contribution < 1.29 is 0 Å². The minimum atomic E-state index is 0.888. The van der Waals surface area contributed by atoms with Crippen molar-refractivity contribution in [3.05, 3.63) is 54.6 Å². The fourth-order valence-corrected chi connectivity index (χ4v) is 5.02. The van der Waals surface area contributed by atoms with Crippen LogP contribution in [-0.4, -0.2) is 13.1 Å². The van der Waals surface area contributed by atoms with E-state index in [1.54, 1.807) is 0 Å². The van der Waals surface area contributed by atoms with Crippen molar-refractivity contribution in [1.82, 2.24) is 0 Å². The molecule has 2 saturated carbocycles. The first kappa shape index (κ1) is 18.6. The molecule has 2 fully saturated rings. The normalized spacial score (nSPS) is 19.1. The molecule has 27 heavy (non-hydrogen) atoms. The smallest absolute Gasteiger partial charge is 0.0366 e. The summed E-state index contributed by atoms with van der Waals surface area (Å²) in [4.78, 5) is 2.72. The number of hydrogen-bond donors (Lipinski definition) is 0. The van der Waals surface area contributed by atoms with E-state index >= 15 is 0 Å². The van der Waals surface area contributed by atoms with Gasteiger partial charge in [-0.1, -0.05) is 62.8 Å². The number of nitrogens with zero attached hydrogens (tertiary/aromatic N) is 1. The second-order valence-corrected chi connectivity index (χ2v) is 8.66. The number of rotatable bonds is 6. The summed E-state index contributed by atoms with van der Waals surface area (Å²) in [6, 6.07) is 21.6. The Labute approximate surface area is 165 Å². The Morgan fingerprint density at radius 2 is 1.33 bits per heavy atom. The van der Waals surface area contributed by atoms with Crippen LogP contribution in [0.1, 0.15) is 64.2 Å². The van der Waals surface area contributed by atoms with Gasteiger partial charge in [-0.2, -0.15) is 0 Å². The Morgan fingerprint density at radius 3 is 1.85 bits per heavy atom. The summed E-state index contributed by atoms with van der Waals surface area (Å²) in [5.41, 5.74) is 3.79. The molecule has 1 heteroatoms. The summed E-state index contributed by atoms with van der Waals surface area (Å²) in [6.07, 6.45) is 14.3. The molecule has 0 unspecified atom stereocenters. The maximum absolute atomic E-state index is 3.32. The molecule has 0 heterocycles. The van der Waals surface area contributed by atoms with Crippen LogP contribution in [0.15, 0.2) is 42.5 Å². The van der Waals surface area contributed by atoms with Gasteiger partial charge in [0.05, 0.1) is 0 Å². The Hall–Kier alpha value is -1.76. The van der Waals surface area contributed by atoms with Crippen molar-refractivity contribution in [3.8, 4) is 11.1 Å². The van der Waals surface area contributed by atoms with Crippen LogP contribution in [0.3, 0.4) is 0 Å². The summed E-state index contributed by atoms with van der Waals surface area (Å²) >= 11 is 0. The lowest BCUT2D eigenvalue weighted by Gasteiger charge is -2.35. The van der Waals surface area contributed by atoms with Crippen LogP contribution in [-0.2, 0) is 0 Å². The molecule has 2 aromatic rings. The predicted molar refractivity (Wildman–Crippen MR) is 115 cm³/mol. The minimum absolute atomic E-state index is 0.888. The molecule has 2 aromatic carbocycles. The molecule has 2 aliphatic carbocycles. The Kier molecular flexibility index (Phi) is 6.50. The first-order valence-corrected chi connectivity index (χ1v) is 11.1. The van der Waals surface area contributed by atoms with Gasteiger partial charge in [0.1, 0.15) is 0 Å². The molecule has 0 bridgehead atoms. The molecule has 0 amide bonds. The van der Waals surface area contributed by atoms with Crippen LogP contribution in [0.4, 0.5) is 5.69 Å². The van der Waals surface area contributed by atoms with E-state index in [0.717, 1.165) is 17.4 Å². The van der Waals surface area contributed by atoms with E-state index < -0.39 is 0 Å². The third-order valence-electron chi connectivity index (χ3n) is 6.60. The van der Waals surface area contributed by atoms with E-state index in [4.69, 9.17) is 0 Å². The Morgan fingerprint density at radius 1 is 0.741 bits per heavy atom. The van der Waals surface area contributed by atoms with Crippen LogP contribution < -0.4 is 4.90 Å². The van der Waals surface area contributed by atoms with Crippen molar-refractivity contribution in [3.63, 3.8) is 0 Å². The van der Waals surface area contributed by atoms with Gasteiger partial charge >= 0.3 is 0 Å². The van der Waals surface area contributed by atoms with Gasteiger partial charge in [-0.3, -0.25) is 0 Å². The van der Waals surface area contributed by atoms with Gasteiger partial charge in [0.15, 0.2) is 0 Å². The SMILES string of the molecule is [c]1cc[c]c(-c2ccc(N(CC3CCCCC3)CC3CCCCC3)cc2)c1. The van der Waals surface area contributed by atoms with Crippen LogP contribution >= 0.6 is 0 Å². The van der Waals surface area contributed by atoms with Gasteiger partial charge < -0.3 is 4.90 Å². The van der Waals surface area contributed by atoms with Crippen molar-refractivity contribution in [2.75, 3.05) is 18.0 Å². The highest BCUT2D eigenvalue weighted by molar-refractivity contribution is 5.65. The van der Waals surface area contributed by atoms with Gasteiger partial charge in [-0.25, -0.2) is 0 Å². The Balaban J connectivity index is 1.49. The molecular formula is C26H33N. The summed E-state index contributed by atoms with van der Waals surface area (Å²) in [6.45, 7) is 2.50. The van der Waals surface area contributed by atoms with Gasteiger partial charge in [0, 0.05) is 18.8 Å². The van der Waals surface area contributed by atoms with Crippen molar-refractivity contribution >= 4 is 5.69 Å². The quantitative estimate of drug-likeness (QED) is 0.541. The van der Waals surface area contributed by atoms with E-state index in [1.807, 2.05) is 18.2 Å². The van der Waals surface area contributed by atoms with Crippen molar-refractivity contribution in [1.29, 1.82) is 0 Å². The predicted octanol–water partition coefficient (Wildman–Crippen LogP) is 6.92. The standard InChI is InChI=1S/C26H33N/c1-4-10-22(11-5-1)20-27(21-23-12-6-2-7-13-23)26-18-16-25(17-19-26)24-14-8-3-9-15-24/h3,8,15-19,22-23H,1-2,4-7,10-13,20-21H2. The lowest BCUT2D eigenvalue weighted by molar-refractivity contribution is 0.327. The average Bonchev–Trinajstić information content (AvgIpc) is 2.76. The highest BCUT2D eigenvalue weighted by atomic mass is 15.1. The fourth-order valence-electron chi connectivity index (χ4n) is 5.02. The molecule has 4 rings (SSSR count). The number of benzene rings is 2. The maximum atomic E-state index is 3.32. The monoisotopic (exact) mass is 359 g/mol. The fraction of sp³-hybridized carbons (Fsp3) is 0.538. The van der Waals surface area contributed by atoms with Crippen molar-refractivity contribution in [2.45, 2.75) is 64.2 Å². The van der Waals surface area contributed by atoms with Crippen LogP contribution in [0, 0.1) is 24.0 Å². The average molecular weight is 360 g/mol. The summed E-state index contributed by atoms with van der Waals surface area (Å²) in [5.74, 6) is 1.78. The zero-order valence-corrected chi connectivity index (χ0v) is 16.6. The topological polar surface area (TPSA) is 3.24 Å². The molecule has 0 saturated heterocycles. The molecule has 142 valence electrons. The molecule has 0 aliphatic heterocycles. The summed E-state index contributed by atoms with van der Waals surface area (Å²) in [7, 11) is 0. The van der Waals surface area contributed by atoms with E-state index in [0.29, 0.717) is 0 Å². The second-order valence-electron chi connectivity index (χ2n) is 8.66. The summed E-state index contributed by atoms with van der Waals surface area (Å²) < 4.78 is 0. The van der Waals surface area contributed by atoms with E-state index in [9.17, 15) is 0 Å². The van der Waals surface area contributed by atoms with E-state index in [1.165, 1.54) is 88.5 Å². The lowest BCUT2D eigenvalue weighted by atomic mass is 9.86. The third kappa shape index (κ3) is 5.15. The van der Waals surface area contributed by atoms with Crippen LogP contribution in [0.5, 0.6) is 0 Å². The largest absolute Gasteiger partial charge is 0.371 e. The first-order chi connectivity index (χ1) is 13.4. The molecule has 0 atom stereocenters. The molecule has 2 aliphatic rings. The molecule has 2 radical (unpaired) electrons. The van der Waals surface area contributed by atoms with Crippen LogP contribution in [0.25, 0.3) is 11.1 Å². The molecule has 0 aromatic heterocycles.